The van der Waals surface area contributed by atoms with Gasteiger partial charge in [0.15, 0.2) is 0 Å². The lowest BCUT2D eigenvalue weighted by molar-refractivity contribution is -0.138. The third-order valence-corrected chi connectivity index (χ3v) is 3.90. The van der Waals surface area contributed by atoms with Gasteiger partial charge in [-0.05, 0) is 40.9 Å². The molecule has 1 aliphatic heterocycles. The molecule has 0 radical (unpaired) electrons. The number of carbonyl (C=O) groups excluding carboxylic acids is 1. The number of benzene rings is 1. The van der Waals surface area contributed by atoms with Crippen LogP contribution in [0.1, 0.15) is 25.3 Å². The van der Waals surface area contributed by atoms with Crippen molar-refractivity contribution < 1.29 is 13.6 Å². The van der Waals surface area contributed by atoms with Gasteiger partial charge in [-0.2, -0.15) is 0 Å². The highest BCUT2D eigenvalue weighted by Gasteiger charge is 2.27. The Morgan fingerprint density at radius 1 is 1.44 bits per heavy atom. The zero-order valence-electron chi connectivity index (χ0n) is 10.0. The summed E-state index contributed by atoms with van der Waals surface area (Å²) >= 11 is 3.03. The first kappa shape index (κ1) is 13.5. The van der Waals surface area contributed by atoms with Crippen LogP contribution in [0, 0.1) is 17.6 Å². The van der Waals surface area contributed by atoms with Gasteiger partial charge in [0.25, 0.3) is 0 Å². The van der Waals surface area contributed by atoms with Gasteiger partial charge in [0, 0.05) is 18.0 Å². The smallest absolute Gasteiger partial charge is 0.225 e. The van der Waals surface area contributed by atoms with Crippen LogP contribution in [0.5, 0.6) is 0 Å². The van der Waals surface area contributed by atoms with Crippen molar-refractivity contribution in [3.63, 3.8) is 0 Å². The van der Waals surface area contributed by atoms with E-state index in [1.165, 1.54) is 17.0 Å². The Kier molecular flexibility index (Phi) is 4.00. The topological polar surface area (TPSA) is 20.3 Å². The van der Waals surface area contributed by atoms with Gasteiger partial charge in [0.1, 0.15) is 11.6 Å². The van der Waals surface area contributed by atoms with Crippen LogP contribution >= 0.6 is 15.9 Å². The van der Waals surface area contributed by atoms with Crippen molar-refractivity contribution in [1.82, 2.24) is 4.90 Å². The Hall–Kier alpha value is -0.970. The van der Waals surface area contributed by atoms with E-state index in [1.54, 1.807) is 0 Å². The monoisotopic (exact) mass is 317 g/mol. The van der Waals surface area contributed by atoms with Crippen molar-refractivity contribution in [2.24, 2.45) is 5.92 Å². The normalized spacial score (nSPS) is 20.3. The molecule has 1 aliphatic rings. The van der Waals surface area contributed by atoms with Crippen LogP contribution in [0.4, 0.5) is 8.78 Å². The summed E-state index contributed by atoms with van der Waals surface area (Å²) in [7, 11) is 0. The molecule has 1 fully saturated rings. The fraction of sp³-hybridized carbons (Fsp3) is 0.462. The van der Waals surface area contributed by atoms with E-state index >= 15 is 0 Å². The molecule has 0 N–H and O–H groups in total. The van der Waals surface area contributed by atoms with Gasteiger partial charge in [0.2, 0.25) is 5.91 Å². The van der Waals surface area contributed by atoms with Gasteiger partial charge in [-0.1, -0.05) is 6.92 Å². The largest absolute Gasteiger partial charge is 0.338 e. The summed E-state index contributed by atoms with van der Waals surface area (Å²) in [5.41, 5.74) is -0.0492. The molecule has 5 heteroatoms. The molecule has 2 nitrogen and oxygen atoms in total. The standard InChI is InChI=1S/C13H14BrF2NO/c1-8-3-2-6-17(13(8)18)7-9-11(15)5-4-10(14)12(9)16/h4-5,8H,2-3,6-7H2,1H3. The molecular weight excluding hydrogens is 304 g/mol. The third-order valence-electron chi connectivity index (χ3n) is 3.29. The molecular formula is C13H14BrF2NO. The molecule has 1 heterocycles. The number of rotatable bonds is 2. The fourth-order valence-corrected chi connectivity index (χ4v) is 2.57. The highest BCUT2D eigenvalue weighted by atomic mass is 79.9. The quantitative estimate of drug-likeness (QED) is 0.765. The van der Waals surface area contributed by atoms with Crippen molar-refractivity contribution in [2.75, 3.05) is 6.54 Å². The van der Waals surface area contributed by atoms with Crippen LogP contribution < -0.4 is 0 Å². The Morgan fingerprint density at radius 3 is 2.89 bits per heavy atom. The predicted molar refractivity (Wildman–Crippen MR) is 67.9 cm³/mol. The summed E-state index contributed by atoms with van der Waals surface area (Å²) in [6, 6.07) is 2.54. The summed E-state index contributed by atoms with van der Waals surface area (Å²) in [5, 5.41) is 0. The van der Waals surface area contributed by atoms with E-state index in [4.69, 9.17) is 0 Å². The first-order valence-electron chi connectivity index (χ1n) is 5.92. The summed E-state index contributed by atoms with van der Waals surface area (Å²) in [5.74, 6) is -1.32. The molecule has 18 heavy (non-hydrogen) atoms. The van der Waals surface area contributed by atoms with Gasteiger partial charge in [-0.25, -0.2) is 8.78 Å². The number of hydrogen-bond donors (Lipinski definition) is 0. The fourth-order valence-electron chi connectivity index (χ4n) is 2.20. The van der Waals surface area contributed by atoms with Crippen LogP contribution in [0.3, 0.4) is 0 Å². The van der Waals surface area contributed by atoms with E-state index in [9.17, 15) is 13.6 Å². The second-order valence-electron chi connectivity index (χ2n) is 4.62. The van der Waals surface area contributed by atoms with Crippen LogP contribution in [-0.4, -0.2) is 17.4 Å². The van der Waals surface area contributed by atoms with Gasteiger partial charge in [0.05, 0.1) is 11.0 Å². The number of halogens is 3. The number of hydrogen-bond acceptors (Lipinski definition) is 1. The molecule has 1 unspecified atom stereocenters. The van der Waals surface area contributed by atoms with Crippen molar-refractivity contribution in [1.29, 1.82) is 0 Å². The zero-order valence-corrected chi connectivity index (χ0v) is 11.6. The zero-order chi connectivity index (χ0) is 13.3. The molecule has 1 saturated heterocycles. The average molecular weight is 318 g/mol. The molecule has 2 rings (SSSR count). The van der Waals surface area contributed by atoms with Crippen LogP contribution in [0.2, 0.25) is 0 Å². The highest BCUT2D eigenvalue weighted by Crippen LogP contribution is 2.25. The maximum Gasteiger partial charge on any atom is 0.225 e. The summed E-state index contributed by atoms with van der Waals surface area (Å²) in [6.07, 6.45) is 1.73. The first-order valence-corrected chi connectivity index (χ1v) is 6.71. The lowest BCUT2D eigenvalue weighted by Crippen LogP contribution is -2.39. The minimum atomic E-state index is -0.624. The van der Waals surface area contributed by atoms with Crippen molar-refractivity contribution in [2.45, 2.75) is 26.3 Å². The van der Waals surface area contributed by atoms with Crippen LogP contribution in [-0.2, 0) is 11.3 Å². The molecule has 0 bridgehead atoms. The number of amides is 1. The molecule has 0 spiro atoms. The number of carbonyl (C=O) groups is 1. The third kappa shape index (κ3) is 2.55. The molecule has 1 aromatic rings. The number of likely N-dealkylation sites (tertiary alicyclic amines) is 1. The molecule has 0 saturated carbocycles. The predicted octanol–water partition coefficient (Wildman–Crippen LogP) is 3.49. The Balaban J connectivity index is 2.24. The van der Waals surface area contributed by atoms with E-state index in [1.807, 2.05) is 6.92 Å². The van der Waals surface area contributed by atoms with Crippen LogP contribution in [0.15, 0.2) is 16.6 Å². The molecule has 98 valence electrons. The molecule has 1 aromatic carbocycles. The van der Waals surface area contributed by atoms with E-state index in [0.717, 1.165) is 12.8 Å². The second kappa shape index (κ2) is 5.34. The summed E-state index contributed by atoms with van der Waals surface area (Å²) in [4.78, 5) is 13.4. The van der Waals surface area contributed by atoms with E-state index in [2.05, 4.69) is 15.9 Å². The SMILES string of the molecule is CC1CCCN(Cc2c(F)ccc(Br)c2F)C1=O. The lowest BCUT2D eigenvalue weighted by Gasteiger charge is -2.30. The molecule has 0 aromatic heterocycles. The Labute approximate surface area is 113 Å². The van der Waals surface area contributed by atoms with Crippen molar-refractivity contribution in [3.8, 4) is 0 Å². The second-order valence-corrected chi connectivity index (χ2v) is 5.48. The first-order chi connectivity index (χ1) is 8.50. The Morgan fingerprint density at radius 2 is 2.17 bits per heavy atom. The van der Waals surface area contributed by atoms with Crippen molar-refractivity contribution in [3.05, 3.63) is 33.8 Å². The minimum absolute atomic E-state index is 0.000278. The van der Waals surface area contributed by atoms with E-state index in [-0.39, 0.29) is 28.4 Å². The average Bonchev–Trinajstić information content (AvgIpc) is 2.35. The van der Waals surface area contributed by atoms with Gasteiger partial charge < -0.3 is 4.90 Å². The summed E-state index contributed by atoms with van der Waals surface area (Å²) in [6.45, 7) is 2.41. The number of piperidine rings is 1. The van der Waals surface area contributed by atoms with E-state index in [0.29, 0.717) is 6.54 Å². The van der Waals surface area contributed by atoms with Gasteiger partial charge >= 0.3 is 0 Å². The van der Waals surface area contributed by atoms with Crippen molar-refractivity contribution >= 4 is 21.8 Å². The maximum atomic E-state index is 13.8. The summed E-state index contributed by atoms with van der Waals surface area (Å²) < 4.78 is 27.6. The van der Waals surface area contributed by atoms with Crippen LogP contribution in [0.25, 0.3) is 0 Å². The number of nitrogens with zero attached hydrogens (tertiary/aromatic N) is 1. The lowest BCUT2D eigenvalue weighted by atomic mass is 9.98. The maximum absolute atomic E-state index is 13.8. The van der Waals surface area contributed by atoms with Gasteiger partial charge in [-0.3, -0.25) is 4.79 Å². The molecule has 1 atom stereocenters. The Bertz CT molecular complexity index is 478. The molecule has 0 aliphatic carbocycles. The van der Waals surface area contributed by atoms with E-state index < -0.39 is 11.6 Å². The molecule has 1 amide bonds. The minimum Gasteiger partial charge on any atom is -0.338 e. The van der Waals surface area contributed by atoms with Gasteiger partial charge in [-0.15, -0.1) is 0 Å². The highest BCUT2D eigenvalue weighted by molar-refractivity contribution is 9.10.